The van der Waals surface area contributed by atoms with E-state index < -0.39 is 0 Å². The number of hydrogen-bond donors (Lipinski definition) is 0. The maximum atomic E-state index is 6.75. The Labute approximate surface area is 337 Å². The van der Waals surface area contributed by atoms with E-state index in [0.29, 0.717) is 0 Å². The van der Waals surface area contributed by atoms with Gasteiger partial charge in [0.25, 0.3) is 0 Å². The van der Waals surface area contributed by atoms with Crippen molar-refractivity contribution in [2.45, 2.75) is 0 Å². The molecule has 0 aliphatic rings. The van der Waals surface area contributed by atoms with E-state index in [0.717, 1.165) is 50.1 Å². The Morgan fingerprint density at radius 3 is 1.50 bits per heavy atom. The van der Waals surface area contributed by atoms with Crippen LogP contribution in [0.15, 0.2) is 229 Å². The zero-order valence-corrected chi connectivity index (χ0v) is 31.7. The smallest absolute Gasteiger partial charge is 0.143 e. The van der Waals surface area contributed by atoms with Crippen LogP contribution in [0, 0.1) is 0 Å². The zero-order chi connectivity index (χ0) is 38.4. The molecule has 0 bridgehead atoms. The van der Waals surface area contributed by atoms with E-state index in [4.69, 9.17) is 4.42 Å². The fourth-order valence-corrected chi connectivity index (χ4v) is 8.62. The van der Waals surface area contributed by atoms with Crippen LogP contribution in [-0.2, 0) is 0 Å². The molecule has 0 radical (unpaired) electrons. The van der Waals surface area contributed by atoms with Crippen molar-refractivity contribution in [1.29, 1.82) is 0 Å². The highest BCUT2D eigenvalue weighted by Gasteiger charge is 2.18. The fraction of sp³-hybridized carbons (Fsp3) is 0. The summed E-state index contributed by atoms with van der Waals surface area (Å²) in [5.74, 6) is 0. The lowest BCUT2D eigenvalue weighted by molar-refractivity contribution is 0.670. The number of fused-ring (bicyclic) bond motifs is 5. The third-order valence-electron chi connectivity index (χ3n) is 11.5. The highest BCUT2D eigenvalue weighted by Crippen LogP contribution is 2.43. The summed E-state index contributed by atoms with van der Waals surface area (Å²) < 4.78 is 6.75. The normalized spacial score (nSPS) is 11.4. The van der Waals surface area contributed by atoms with E-state index in [2.05, 4.69) is 223 Å². The van der Waals surface area contributed by atoms with Crippen LogP contribution < -0.4 is 4.90 Å². The molecule has 0 saturated carbocycles. The summed E-state index contributed by atoms with van der Waals surface area (Å²) in [5.41, 5.74) is 14.4. The van der Waals surface area contributed by atoms with Crippen LogP contribution >= 0.6 is 0 Å². The van der Waals surface area contributed by atoms with Crippen molar-refractivity contribution >= 4 is 60.5 Å². The lowest BCUT2D eigenvalue weighted by Crippen LogP contribution is -2.09. The average Bonchev–Trinajstić information content (AvgIpc) is 3.68. The maximum absolute atomic E-state index is 6.75. The minimum atomic E-state index is 0.856. The van der Waals surface area contributed by atoms with Crippen LogP contribution in [-0.4, -0.2) is 0 Å². The third kappa shape index (κ3) is 5.91. The Bertz CT molecular complexity index is 3250. The Hall–Kier alpha value is -7.68. The quantitative estimate of drug-likeness (QED) is 0.162. The molecule has 2 heteroatoms. The SMILES string of the molecule is c1ccc(-c2cccc3c2oc2cc(N(c4ccc(-c5ccc6ccccc6c5)cc4)c4ccc(-c5cccc6cccc(-c7ccccc7)c56)cc4)ccc23)cc1. The molecule has 0 fully saturated rings. The summed E-state index contributed by atoms with van der Waals surface area (Å²) in [7, 11) is 0. The van der Waals surface area contributed by atoms with Gasteiger partial charge in [0.15, 0.2) is 0 Å². The summed E-state index contributed by atoms with van der Waals surface area (Å²) in [6.07, 6.45) is 0. The van der Waals surface area contributed by atoms with Crippen molar-refractivity contribution in [3.05, 3.63) is 224 Å². The van der Waals surface area contributed by atoms with E-state index >= 15 is 0 Å². The summed E-state index contributed by atoms with van der Waals surface area (Å²) in [6.45, 7) is 0. The Kier molecular flexibility index (Phi) is 8.19. The first-order valence-corrected chi connectivity index (χ1v) is 19.8. The first-order chi connectivity index (χ1) is 28.7. The molecule has 10 aromatic carbocycles. The summed E-state index contributed by atoms with van der Waals surface area (Å²) >= 11 is 0. The van der Waals surface area contributed by atoms with Crippen molar-refractivity contribution in [3.8, 4) is 44.5 Å². The number of benzene rings is 10. The molecular weight excluding hydrogens is 703 g/mol. The van der Waals surface area contributed by atoms with Gasteiger partial charge in [-0.1, -0.05) is 176 Å². The number of hydrogen-bond acceptors (Lipinski definition) is 2. The topological polar surface area (TPSA) is 16.4 Å². The molecule has 0 aliphatic carbocycles. The first-order valence-electron chi connectivity index (χ1n) is 19.8. The van der Waals surface area contributed by atoms with Crippen molar-refractivity contribution < 1.29 is 4.42 Å². The molecule has 0 aliphatic heterocycles. The molecule has 11 aromatic rings. The lowest BCUT2D eigenvalue weighted by atomic mass is 9.91. The van der Waals surface area contributed by atoms with Crippen LogP contribution in [0.2, 0.25) is 0 Å². The maximum Gasteiger partial charge on any atom is 0.143 e. The van der Waals surface area contributed by atoms with Gasteiger partial charge in [0.1, 0.15) is 11.2 Å². The van der Waals surface area contributed by atoms with Gasteiger partial charge in [-0.2, -0.15) is 0 Å². The van der Waals surface area contributed by atoms with E-state index in [1.165, 1.54) is 54.9 Å². The van der Waals surface area contributed by atoms with Gasteiger partial charge in [0, 0.05) is 39.5 Å². The van der Waals surface area contributed by atoms with Crippen molar-refractivity contribution in [2.24, 2.45) is 0 Å². The molecule has 0 atom stereocenters. The summed E-state index contributed by atoms with van der Waals surface area (Å²) in [5, 5.41) is 7.18. The van der Waals surface area contributed by atoms with Crippen LogP contribution in [0.1, 0.15) is 0 Å². The van der Waals surface area contributed by atoms with Crippen molar-refractivity contribution in [2.75, 3.05) is 4.90 Å². The van der Waals surface area contributed by atoms with Crippen LogP contribution in [0.25, 0.3) is 88.0 Å². The minimum Gasteiger partial charge on any atom is -0.455 e. The van der Waals surface area contributed by atoms with Crippen molar-refractivity contribution in [3.63, 3.8) is 0 Å². The second-order valence-corrected chi connectivity index (χ2v) is 14.9. The molecule has 2 nitrogen and oxygen atoms in total. The second kappa shape index (κ2) is 14.1. The van der Waals surface area contributed by atoms with E-state index in [9.17, 15) is 0 Å². The monoisotopic (exact) mass is 739 g/mol. The number of rotatable bonds is 7. The Morgan fingerprint density at radius 2 is 0.810 bits per heavy atom. The van der Waals surface area contributed by atoms with Gasteiger partial charge in [0.2, 0.25) is 0 Å². The lowest BCUT2D eigenvalue weighted by Gasteiger charge is -2.26. The van der Waals surface area contributed by atoms with Gasteiger partial charge in [-0.15, -0.1) is 0 Å². The van der Waals surface area contributed by atoms with Gasteiger partial charge in [-0.3, -0.25) is 0 Å². The number of furan rings is 1. The number of anilines is 3. The summed E-state index contributed by atoms with van der Waals surface area (Å²) in [6, 6.07) is 80.5. The average molecular weight is 740 g/mol. The standard InChI is InChI=1S/C56H37NO/c1-3-13-40(14-4-1)49-20-9-18-43-19-10-21-50(55(43)49)42-28-32-47(33-29-42)57(46-30-26-39(27-31-46)45-25-24-38-12-7-8-17-44(38)36-45)48-34-35-52-53-23-11-22-51(41-15-5-2-6-16-41)56(53)58-54(52)37-48/h1-37H. The predicted molar refractivity (Wildman–Crippen MR) is 245 cm³/mol. The zero-order valence-electron chi connectivity index (χ0n) is 31.7. The Balaban J connectivity index is 1.03. The number of nitrogens with zero attached hydrogens (tertiary/aromatic N) is 1. The van der Waals surface area contributed by atoms with Crippen molar-refractivity contribution in [1.82, 2.24) is 0 Å². The Morgan fingerprint density at radius 1 is 0.293 bits per heavy atom. The van der Waals surface area contributed by atoms with Gasteiger partial charge < -0.3 is 9.32 Å². The van der Waals surface area contributed by atoms with Gasteiger partial charge in [0.05, 0.1) is 0 Å². The van der Waals surface area contributed by atoms with Gasteiger partial charge >= 0.3 is 0 Å². The fourth-order valence-electron chi connectivity index (χ4n) is 8.62. The van der Waals surface area contributed by atoms with E-state index in [1.807, 2.05) is 6.07 Å². The molecule has 0 N–H and O–H groups in total. The van der Waals surface area contributed by atoms with Crippen LogP contribution in [0.3, 0.4) is 0 Å². The molecule has 0 saturated heterocycles. The molecule has 1 heterocycles. The van der Waals surface area contributed by atoms with E-state index in [1.54, 1.807) is 0 Å². The molecule has 0 amide bonds. The highest BCUT2D eigenvalue weighted by atomic mass is 16.3. The minimum absolute atomic E-state index is 0.856. The molecule has 1 aromatic heterocycles. The summed E-state index contributed by atoms with van der Waals surface area (Å²) in [4.78, 5) is 2.33. The predicted octanol–water partition coefficient (Wildman–Crippen LogP) is 16.0. The molecule has 0 spiro atoms. The molecule has 11 rings (SSSR count). The highest BCUT2D eigenvalue weighted by molar-refractivity contribution is 6.11. The first kappa shape index (κ1) is 33.6. The molecular formula is C56H37NO. The van der Waals surface area contributed by atoms with Crippen LogP contribution in [0.4, 0.5) is 17.1 Å². The molecule has 58 heavy (non-hydrogen) atoms. The largest absolute Gasteiger partial charge is 0.455 e. The third-order valence-corrected chi connectivity index (χ3v) is 11.5. The van der Waals surface area contributed by atoms with Crippen LogP contribution in [0.5, 0.6) is 0 Å². The van der Waals surface area contributed by atoms with Gasteiger partial charge in [-0.05, 0) is 103 Å². The second-order valence-electron chi connectivity index (χ2n) is 14.9. The van der Waals surface area contributed by atoms with Gasteiger partial charge in [-0.25, -0.2) is 0 Å². The number of para-hydroxylation sites is 1. The molecule has 0 unspecified atom stereocenters. The van der Waals surface area contributed by atoms with E-state index in [-0.39, 0.29) is 0 Å². The molecule has 272 valence electrons.